The van der Waals surface area contributed by atoms with Crippen LogP contribution in [0.2, 0.25) is 0 Å². The van der Waals surface area contributed by atoms with Crippen LogP contribution in [0, 0.1) is 0 Å². The summed E-state index contributed by atoms with van der Waals surface area (Å²) >= 11 is 0. The van der Waals surface area contributed by atoms with Crippen LogP contribution in [-0.4, -0.2) is 105 Å². The van der Waals surface area contributed by atoms with Gasteiger partial charge < -0.3 is 14.4 Å². The molecule has 55 heavy (non-hydrogen) atoms. The molecule has 0 fully saturated rings. The van der Waals surface area contributed by atoms with Crippen LogP contribution in [0.1, 0.15) is 54.3 Å². The smallest absolute Gasteiger partial charge is 0.262 e. The minimum atomic E-state index is -3.67. The summed E-state index contributed by atoms with van der Waals surface area (Å²) in [6, 6.07) is 26.8. The summed E-state index contributed by atoms with van der Waals surface area (Å²) in [6.45, 7) is 1.84. The van der Waals surface area contributed by atoms with E-state index >= 15 is 0 Å². The Balaban J connectivity index is 0.000000875. The molecule has 6 aromatic carbocycles. The zero-order valence-electron chi connectivity index (χ0n) is 30.8. The Kier molecular flexibility index (Phi) is 10.0. The molecule has 0 saturated heterocycles. The number of fused-ring (bicyclic) bond motifs is 10. The van der Waals surface area contributed by atoms with Gasteiger partial charge in [-0.3, -0.25) is 33.5 Å². The molecule has 8 rings (SSSR count). The van der Waals surface area contributed by atoms with Gasteiger partial charge in [-0.05, 0) is 102 Å². The number of hydrogen-bond donors (Lipinski definition) is 1. The molecule has 2 aliphatic rings. The summed E-state index contributed by atoms with van der Waals surface area (Å²) in [5.74, 6) is 0.254. The van der Waals surface area contributed by atoms with E-state index in [1.54, 1.807) is 26.4 Å². The Morgan fingerprint density at radius 2 is 0.927 bits per heavy atom. The van der Waals surface area contributed by atoms with Crippen LogP contribution in [0.25, 0.3) is 43.1 Å². The van der Waals surface area contributed by atoms with Crippen LogP contribution >= 0.6 is 0 Å². The number of rotatable bonds is 10. The first-order chi connectivity index (χ1) is 26.3. The number of carbonyl (C=O) groups excluding carboxylic acids is 4. The minimum absolute atomic E-state index is 0.279. The van der Waals surface area contributed by atoms with E-state index < -0.39 is 10.1 Å². The van der Waals surface area contributed by atoms with E-state index in [0.29, 0.717) is 65.9 Å². The first-order valence-corrected chi connectivity index (χ1v) is 19.5. The highest BCUT2D eigenvalue weighted by molar-refractivity contribution is 7.85. The first-order valence-electron chi connectivity index (χ1n) is 17.7. The molecule has 0 bridgehead atoms. The fourth-order valence-electron chi connectivity index (χ4n) is 7.56. The van der Waals surface area contributed by atoms with Gasteiger partial charge in [-0.15, -0.1) is 0 Å². The third-order valence-electron chi connectivity index (χ3n) is 10.1. The van der Waals surface area contributed by atoms with Gasteiger partial charge in [0.05, 0.1) is 42.7 Å². The lowest BCUT2D eigenvalue weighted by molar-refractivity contribution is 0.0640. The lowest BCUT2D eigenvalue weighted by Gasteiger charge is -2.20. The number of nitrogens with zero attached hydrogens (tertiary/aromatic N) is 3. The largest absolute Gasteiger partial charge is 0.497 e. The average molecular weight is 762 g/mol. The van der Waals surface area contributed by atoms with E-state index in [2.05, 4.69) is 4.90 Å². The van der Waals surface area contributed by atoms with Gasteiger partial charge in [0.1, 0.15) is 11.5 Å². The highest BCUT2D eigenvalue weighted by atomic mass is 32.2. The van der Waals surface area contributed by atoms with Crippen molar-refractivity contribution in [2.75, 3.05) is 53.7 Å². The van der Waals surface area contributed by atoms with Crippen molar-refractivity contribution in [2.45, 2.75) is 12.8 Å². The molecule has 0 radical (unpaired) electrons. The molecule has 0 atom stereocenters. The number of imide groups is 2. The maximum Gasteiger partial charge on any atom is 0.262 e. The summed E-state index contributed by atoms with van der Waals surface area (Å²) in [6.07, 6.45) is 1.89. The van der Waals surface area contributed by atoms with E-state index in [1.165, 1.54) is 9.80 Å². The maximum absolute atomic E-state index is 13.7. The third kappa shape index (κ3) is 7.09. The van der Waals surface area contributed by atoms with Gasteiger partial charge in [0.2, 0.25) is 0 Å². The zero-order valence-corrected chi connectivity index (χ0v) is 31.6. The van der Waals surface area contributed by atoms with Gasteiger partial charge >= 0.3 is 0 Å². The second kappa shape index (κ2) is 14.7. The van der Waals surface area contributed by atoms with Crippen molar-refractivity contribution in [2.24, 2.45) is 0 Å². The van der Waals surface area contributed by atoms with Crippen LogP contribution in [0.3, 0.4) is 0 Å². The van der Waals surface area contributed by atoms with Crippen LogP contribution in [0.5, 0.6) is 11.5 Å². The zero-order chi connectivity index (χ0) is 39.2. The molecule has 0 aromatic heterocycles. The van der Waals surface area contributed by atoms with Gasteiger partial charge in [0.15, 0.2) is 0 Å². The topological polar surface area (TPSA) is 151 Å². The summed E-state index contributed by atoms with van der Waals surface area (Å²) < 4.78 is 36.8. The van der Waals surface area contributed by atoms with Crippen molar-refractivity contribution < 1.29 is 41.6 Å². The van der Waals surface area contributed by atoms with Crippen molar-refractivity contribution in [3.8, 4) is 11.5 Å². The van der Waals surface area contributed by atoms with Crippen molar-refractivity contribution >= 4 is 76.8 Å². The highest BCUT2D eigenvalue weighted by Gasteiger charge is 2.38. The molecule has 2 heterocycles. The molecule has 2 aliphatic heterocycles. The molecule has 282 valence electrons. The van der Waals surface area contributed by atoms with Gasteiger partial charge in [0.25, 0.3) is 33.7 Å². The summed E-state index contributed by atoms with van der Waals surface area (Å²) in [5, 5.41) is 7.02. The fraction of sp³-hybridized carbons (Fsp3) is 0.238. The van der Waals surface area contributed by atoms with Gasteiger partial charge in [-0.2, -0.15) is 8.42 Å². The quantitative estimate of drug-likeness (QED) is 0.0941. The van der Waals surface area contributed by atoms with Crippen molar-refractivity contribution in [1.29, 1.82) is 0 Å². The monoisotopic (exact) mass is 761 g/mol. The van der Waals surface area contributed by atoms with Crippen molar-refractivity contribution in [3.05, 3.63) is 107 Å². The van der Waals surface area contributed by atoms with Crippen molar-refractivity contribution in [3.63, 3.8) is 0 Å². The Hall–Kier alpha value is -5.89. The number of carbonyl (C=O) groups is 4. The van der Waals surface area contributed by atoms with Gasteiger partial charge in [-0.25, -0.2) is 0 Å². The molecule has 1 N–H and O–H groups in total. The van der Waals surface area contributed by atoms with E-state index in [4.69, 9.17) is 14.0 Å². The summed E-state index contributed by atoms with van der Waals surface area (Å²) in [7, 11) is 1.51. The molecule has 0 saturated carbocycles. The Bertz CT molecular complexity index is 2520. The summed E-state index contributed by atoms with van der Waals surface area (Å²) in [4.78, 5) is 59.1. The molecule has 0 unspecified atom stereocenters. The van der Waals surface area contributed by atoms with Crippen LogP contribution < -0.4 is 9.47 Å². The molecule has 13 heteroatoms. The minimum Gasteiger partial charge on any atom is -0.497 e. The van der Waals surface area contributed by atoms with Crippen molar-refractivity contribution in [1.82, 2.24) is 14.7 Å². The van der Waals surface area contributed by atoms with E-state index in [0.717, 1.165) is 43.1 Å². The summed E-state index contributed by atoms with van der Waals surface area (Å²) in [5.41, 5.74) is 1.74. The van der Waals surface area contributed by atoms with Crippen LogP contribution in [-0.2, 0) is 10.1 Å². The van der Waals surface area contributed by atoms with Crippen LogP contribution in [0.4, 0.5) is 0 Å². The molecule has 0 spiro atoms. The van der Waals surface area contributed by atoms with Crippen LogP contribution in [0.15, 0.2) is 84.9 Å². The molecule has 6 aromatic rings. The third-order valence-corrected chi connectivity index (χ3v) is 10.1. The second-order valence-corrected chi connectivity index (χ2v) is 15.2. The molecular weight excluding hydrogens is 723 g/mol. The molecule has 12 nitrogen and oxygen atoms in total. The van der Waals surface area contributed by atoms with E-state index in [9.17, 15) is 27.6 Å². The maximum atomic E-state index is 13.7. The first kappa shape index (κ1) is 37.4. The number of ether oxygens (including phenoxy) is 2. The van der Waals surface area contributed by atoms with E-state index in [-0.39, 0.29) is 36.7 Å². The fourth-order valence-corrected chi connectivity index (χ4v) is 7.56. The number of benzene rings is 6. The van der Waals surface area contributed by atoms with Gasteiger partial charge in [-0.1, -0.05) is 48.5 Å². The number of amides is 4. The molecule has 0 aliphatic carbocycles. The number of methoxy groups -OCH3 is 2. The predicted molar refractivity (Wildman–Crippen MR) is 211 cm³/mol. The van der Waals surface area contributed by atoms with Gasteiger partial charge in [0, 0.05) is 23.9 Å². The predicted octanol–water partition coefficient (Wildman–Crippen LogP) is 6.42. The highest BCUT2D eigenvalue weighted by Crippen LogP contribution is 2.38. The lowest BCUT2D eigenvalue weighted by Crippen LogP contribution is -2.34. The Labute approximate surface area is 317 Å². The average Bonchev–Trinajstić information content (AvgIpc) is 3.56. The Morgan fingerprint density at radius 3 is 1.31 bits per heavy atom. The molecule has 4 amide bonds. The standard InChI is InChI=1S/C41H35N3O6.CH4O3S/c1-42(18-4-20-43-38(45)30-16-12-26-8-6-24-10-14-28(49-2)22-32(24)34(26)36(30)40(43)47)19-5-21-44-39(46)31-17-13-27-9-7-25-11-15-29(50-3)23-33(25)35(27)37(31)41(44)48;1-5(2,3)4/h6-17,22-23H,4-5,18-21H2,1-3H3;1H3,(H,2,3,4). The lowest BCUT2D eigenvalue weighted by atomic mass is 9.95. The number of hydrogen-bond acceptors (Lipinski definition) is 9. The molecular formula is C42H39N3O9S. The normalized spacial score (nSPS) is 14.0. The Morgan fingerprint density at radius 1 is 0.582 bits per heavy atom. The second-order valence-electron chi connectivity index (χ2n) is 13.7. The van der Waals surface area contributed by atoms with E-state index in [1.807, 2.05) is 79.8 Å². The SMILES string of the molecule is COc1ccc2ccc3ccc4c(c3c2c1)C(=O)N(CCCN(C)CCCN1C(=O)c2ccc3ccc5ccc(OC)cc5c3c2C1=O)C4=O.CS(=O)(=O)O.